The molecule has 3 rings (SSSR count). The standard InChI is InChI=1S/C20H24N2O2.ClH/c1-15(16-8-3-2-4-9-16)24-19-12-6-5-11-18(19)22-20(23)17-10-7-13-21-14-17;/h2-6,8-9,11-12,15,17,21H,7,10,13-14H2,1H3,(H,22,23);1H. The molecule has 1 amide bonds. The number of carbonyl (C=O) groups excluding carboxylic acids is 1. The summed E-state index contributed by atoms with van der Waals surface area (Å²) in [7, 11) is 0. The van der Waals surface area contributed by atoms with Gasteiger partial charge in [0.1, 0.15) is 11.9 Å². The molecule has 1 saturated heterocycles. The van der Waals surface area contributed by atoms with Gasteiger partial charge in [-0.15, -0.1) is 12.4 Å². The second-order valence-corrected chi connectivity index (χ2v) is 6.20. The summed E-state index contributed by atoms with van der Waals surface area (Å²) in [4.78, 5) is 12.5. The van der Waals surface area contributed by atoms with Gasteiger partial charge < -0.3 is 15.4 Å². The first-order valence-corrected chi connectivity index (χ1v) is 8.56. The Bertz CT molecular complexity index is 672. The number of nitrogens with one attached hydrogen (secondary N) is 2. The van der Waals surface area contributed by atoms with E-state index in [0.717, 1.165) is 37.2 Å². The van der Waals surface area contributed by atoms with Gasteiger partial charge in [-0.1, -0.05) is 42.5 Å². The van der Waals surface area contributed by atoms with Crippen LogP contribution < -0.4 is 15.4 Å². The van der Waals surface area contributed by atoms with Gasteiger partial charge in [-0.05, 0) is 44.0 Å². The van der Waals surface area contributed by atoms with E-state index in [0.29, 0.717) is 5.75 Å². The Morgan fingerprint density at radius 1 is 1.16 bits per heavy atom. The molecule has 0 aliphatic carbocycles. The number of para-hydroxylation sites is 2. The lowest BCUT2D eigenvalue weighted by Crippen LogP contribution is -2.37. The molecule has 0 radical (unpaired) electrons. The minimum atomic E-state index is -0.0828. The highest BCUT2D eigenvalue weighted by molar-refractivity contribution is 5.94. The molecule has 2 N–H and O–H groups in total. The Kier molecular flexibility index (Phi) is 7.29. The summed E-state index contributed by atoms with van der Waals surface area (Å²) >= 11 is 0. The van der Waals surface area contributed by atoms with Crippen LogP contribution in [-0.2, 0) is 4.79 Å². The average molecular weight is 361 g/mol. The number of amides is 1. The molecule has 2 unspecified atom stereocenters. The molecule has 1 aliphatic heterocycles. The Balaban J connectivity index is 0.00000225. The molecule has 1 fully saturated rings. The van der Waals surface area contributed by atoms with Crippen molar-refractivity contribution in [3.8, 4) is 5.75 Å². The van der Waals surface area contributed by atoms with Crippen LogP contribution in [0.3, 0.4) is 0 Å². The SMILES string of the molecule is CC(Oc1ccccc1NC(=O)C1CCCNC1)c1ccccc1.Cl. The Labute approximate surface area is 155 Å². The van der Waals surface area contributed by atoms with Crippen molar-refractivity contribution in [3.63, 3.8) is 0 Å². The first-order valence-electron chi connectivity index (χ1n) is 8.56. The third kappa shape index (κ3) is 5.21. The predicted octanol–water partition coefficient (Wildman–Crippen LogP) is 4.19. The van der Waals surface area contributed by atoms with E-state index in [1.165, 1.54) is 0 Å². The molecule has 2 aromatic rings. The maximum Gasteiger partial charge on any atom is 0.228 e. The molecule has 5 heteroatoms. The van der Waals surface area contributed by atoms with Crippen LogP contribution >= 0.6 is 12.4 Å². The van der Waals surface area contributed by atoms with Crippen LogP contribution in [0.5, 0.6) is 5.75 Å². The molecule has 25 heavy (non-hydrogen) atoms. The molecule has 134 valence electrons. The van der Waals surface area contributed by atoms with Crippen LogP contribution in [0.2, 0.25) is 0 Å². The van der Waals surface area contributed by atoms with E-state index >= 15 is 0 Å². The van der Waals surface area contributed by atoms with Crippen LogP contribution in [0.15, 0.2) is 54.6 Å². The summed E-state index contributed by atoms with van der Waals surface area (Å²) < 4.78 is 6.09. The minimum absolute atomic E-state index is 0. The number of piperidine rings is 1. The van der Waals surface area contributed by atoms with Crippen LogP contribution in [0.4, 0.5) is 5.69 Å². The molecule has 0 bridgehead atoms. The highest BCUT2D eigenvalue weighted by Crippen LogP contribution is 2.29. The van der Waals surface area contributed by atoms with E-state index in [-0.39, 0.29) is 30.3 Å². The van der Waals surface area contributed by atoms with Crippen LogP contribution in [0.25, 0.3) is 0 Å². The Morgan fingerprint density at radius 3 is 2.60 bits per heavy atom. The molecule has 1 aliphatic rings. The van der Waals surface area contributed by atoms with Crippen molar-refractivity contribution >= 4 is 24.0 Å². The molecular weight excluding hydrogens is 336 g/mol. The zero-order valence-electron chi connectivity index (χ0n) is 14.4. The van der Waals surface area contributed by atoms with E-state index in [1.807, 2.05) is 61.5 Å². The normalized spacial score (nSPS) is 17.9. The van der Waals surface area contributed by atoms with Crippen molar-refractivity contribution in [2.75, 3.05) is 18.4 Å². The Morgan fingerprint density at radius 2 is 1.88 bits per heavy atom. The molecule has 2 atom stereocenters. The number of hydrogen-bond acceptors (Lipinski definition) is 3. The zero-order valence-corrected chi connectivity index (χ0v) is 15.2. The van der Waals surface area contributed by atoms with Crippen molar-refractivity contribution in [1.29, 1.82) is 0 Å². The lowest BCUT2D eigenvalue weighted by Gasteiger charge is -2.23. The molecule has 0 spiro atoms. The summed E-state index contributed by atoms with van der Waals surface area (Å²) in [6.45, 7) is 3.76. The van der Waals surface area contributed by atoms with Crippen molar-refractivity contribution in [1.82, 2.24) is 5.32 Å². The number of carbonyl (C=O) groups is 1. The van der Waals surface area contributed by atoms with Crippen LogP contribution in [-0.4, -0.2) is 19.0 Å². The highest BCUT2D eigenvalue weighted by atomic mass is 35.5. The van der Waals surface area contributed by atoms with E-state index in [9.17, 15) is 4.79 Å². The average Bonchev–Trinajstić information content (AvgIpc) is 2.64. The third-order valence-corrected chi connectivity index (χ3v) is 4.39. The number of ether oxygens (including phenoxy) is 1. The minimum Gasteiger partial charge on any atom is -0.484 e. The van der Waals surface area contributed by atoms with Gasteiger partial charge in [-0.25, -0.2) is 0 Å². The largest absolute Gasteiger partial charge is 0.484 e. The van der Waals surface area contributed by atoms with E-state index in [4.69, 9.17) is 4.74 Å². The van der Waals surface area contributed by atoms with Crippen molar-refractivity contribution in [2.45, 2.75) is 25.9 Å². The fourth-order valence-corrected chi connectivity index (χ4v) is 2.97. The van der Waals surface area contributed by atoms with E-state index in [2.05, 4.69) is 10.6 Å². The summed E-state index contributed by atoms with van der Waals surface area (Å²) in [6, 6.07) is 17.7. The first-order chi connectivity index (χ1) is 11.7. The van der Waals surface area contributed by atoms with Gasteiger partial charge in [0, 0.05) is 6.54 Å². The van der Waals surface area contributed by atoms with Gasteiger partial charge >= 0.3 is 0 Å². The van der Waals surface area contributed by atoms with Gasteiger partial charge in [0.2, 0.25) is 5.91 Å². The summed E-state index contributed by atoms with van der Waals surface area (Å²) in [5.41, 5.74) is 1.84. The second-order valence-electron chi connectivity index (χ2n) is 6.20. The lowest BCUT2D eigenvalue weighted by molar-refractivity contribution is -0.120. The predicted molar refractivity (Wildman–Crippen MR) is 103 cm³/mol. The van der Waals surface area contributed by atoms with Gasteiger partial charge in [-0.2, -0.15) is 0 Å². The summed E-state index contributed by atoms with van der Waals surface area (Å²) in [6.07, 6.45) is 1.89. The molecule has 2 aromatic carbocycles. The lowest BCUT2D eigenvalue weighted by atomic mass is 9.99. The van der Waals surface area contributed by atoms with Crippen LogP contribution in [0.1, 0.15) is 31.4 Å². The number of hydrogen-bond donors (Lipinski definition) is 2. The fourth-order valence-electron chi connectivity index (χ4n) is 2.97. The van der Waals surface area contributed by atoms with E-state index < -0.39 is 0 Å². The van der Waals surface area contributed by atoms with Crippen molar-refractivity contribution in [3.05, 3.63) is 60.2 Å². The van der Waals surface area contributed by atoms with Crippen molar-refractivity contribution < 1.29 is 9.53 Å². The molecule has 1 heterocycles. The van der Waals surface area contributed by atoms with Gasteiger partial charge in [-0.3, -0.25) is 4.79 Å². The second kappa shape index (κ2) is 9.44. The molecule has 0 saturated carbocycles. The number of benzene rings is 2. The highest BCUT2D eigenvalue weighted by Gasteiger charge is 2.22. The zero-order chi connectivity index (χ0) is 16.8. The number of rotatable bonds is 5. The third-order valence-electron chi connectivity index (χ3n) is 4.39. The fraction of sp³-hybridized carbons (Fsp3) is 0.350. The molecule has 4 nitrogen and oxygen atoms in total. The number of anilines is 1. The van der Waals surface area contributed by atoms with Crippen LogP contribution in [0, 0.1) is 5.92 Å². The molecule has 0 aromatic heterocycles. The summed E-state index contributed by atoms with van der Waals surface area (Å²) in [5, 5.41) is 6.31. The quantitative estimate of drug-likeness (QED) is 0.840. The maximum atomic E-state index is 12.5. The number of halogens is 1. The monoisotopic (exact) mass is 360 g/mol. The van der Waals surface area contributed by atoms with Gasteiger partial charge in [0.05, 0.1) is 11.6 Å². The maximum absolute atomic E-state index is 12.5. The smallest absolute Gasteiger partial charge is 0.228 e. The van der Waals surface area contributed by atoms with Crippen molar-refractivity contribution in [2.24, 2.45) is 5.92 Å². The molecular formula is C20H25ClN2O2. The summed E-state index contributed by atoms with van der Waals surface area (Å²) in [5.74, 6) is 0.787. The first kappa shape index (κ1) is 19.3. The van der Waals surface area contributed by atoms with Gasteiger partial charge in [0.15, 0.2) is 0 Å². The van der Waals surface area contributed by atoms with E-state index in [1.54, 1.807) is 0 Å². The Hall–Kier alpha value is -2.04. The topological polar surface area (TPSA) is 50.4 Å². The van der Waals surface area contributed by atoms with Gasteiger partial charge in [0.25, 0.3) is 0 Å².